The molecule has 0 bridgehead atoms. The predicted molar refractivity (Wildman–Crippen MR) is 80.4 cm³/mol. The molecule has 0 radical (unpaired) electrons. The smallest absolute Gasteiger partial charge is 0.120 e. The van der Waals surface area contributed by atoms with E-state index in [1.54, 1.807) is 0 Å². The van der Waals surface area contributed by atoms with Crippen LogP contribution in [0, 0.1) is 6.92 Å². The van der Waals surface area contributed by atoms with Gasteiger partial charge in [0.15, 0.2) is 0 Å². The third-order valence-electron chi connectivity index (χ3n) is 3.60. The van der Waals surface area contributed by atoms with Crippen molar-refractivity contribution in [2.45, 2.75) is 31.9 Å². The highest BCUT2D eigenvalue weighted by atomic mass is 16.5. The first-order valence-corrected chi connectivity index (χ1v) is 7.05. The van der Waals surface area contributed by atoms with Crippen molar-refractivity contribution in [1.29, 1.82) is 0 Å². The molecule has 0 saturated heterocycles. The number of ether oxygens (including phenoxy) is 1. The molecule has 0 spiro atoms. The number of hydrazine groups is 1. The van der Waals surface area contributed by atoms with Gasteiger partial charge in [0, 0.05) is 0 Å². The Hall–Kier alpha value is -1.84. The van der Waals surface area contributed by atoms with E-state index in [-0.39, 0.29) is 6.04 Å². The molecule has 1 aliphatic rings. The largest absolute Gasteiger partial charge is 0.490 e. The highest BCUT2D eigenvalue weighted by Gasteiger charge is 2.23. The van der Waals surface area contributed by atoms with Crippen molar-refractivity contribution in [3.63, 3.8) is 0 Å². The van der Waals surface area contributed by atoms with Crippen LogP contribution >= 0.6 is 0 Å². The molecule has 20 heavy (non-hydrogen) atoms. The second-order valence-electron chi connectivity index (χ2n) is 5.40. The first-order chi connectivity index (χ1) is 9.76. The Morgan fingerprint density at radius 1 is 1.10 bits per heavy atom. The average molecular weight is 268 g/mol. The number of hydrogen-bond acceptors (Lipinski definition) is 3. The lowest BCUT2D eigenvalue weighted by molar-refractivity contribution is 0.302. The molecule has 104 valence electrons. The maximum absolute atomic E-state index is 5.85. The van der Waals surface area contributed by atoms with Crippen LogP contribution in [0.25, 0.3) is 0 Å². The minimum Gasteiger partial charge on any atom is -0.490 e. The number of aryl methyl sites for hydroxylation is 1. The van der Waals surface area contributed by atoms with Crippen LogP contribution in [0.1, 0.15) is 35.6 Å². The van der Waals surface area contributed by atoms with Gasteiger partial charge in [0.1, 0.15) is 5.75 Å². The summed E-state index contributed by atoms with van der Waals surface area (Å²) in [6, 6.07) is 16.6. The topological polar surface area (TPSA) is 47.3 Å². The number of rotatable bonds is 5. The summed E-state index contributed by atoms with van der Waals surface area (Å²) in [4.78, 5) is 0. The molecular formula is C17H20N2O. The minimum absolute atomic E-state index is 0.0154. The maximum Gasteiger partial charge on any atom is 0.120 e. The minimum atomic E-state index is -0.0154. The first-order valence-electron chi connectivity index (χ1n) is 7.05. The summed E-state index contributed by atoms with van der Waals surface area (Å²) < 4.78 is 5.85. The zero-order valence-corrected chi connectivity index (χ0v) is 11.7. The van der Waals surface area contributed by atoms with Crippen molar-refractivity contribution in [2.75, 3.05) is 0 Å². The summed E-state index contributed by atoms with van der Waals surface area (Å²) in [6.45, 7) is 2.08. The van der Waals surface area contributed by atoms with Crippen LogP contribution in [0.2, 0.25) is 0 Å². The molecule has 0 aromatic heterocycles. The molecule has 1 aliphatic carbocycles. The SMILES string of the molecule is Cc1ccc(C(NN)c2cccc(OC3CC3)c2)cc1. The second kappa shape index (κ2) is 5.65. The quantitative estimate of drug-likeness (QED) is 0.647. The third kappa shape index (κ3) is 3.00. The monoisotopic (exact) mass is 268 g/mol. The highest BCUT2D eigenvalue weighted by molar-refractivity contribution is 5.37. The number of nitrogens with two attached hydrogens (primary N) is 1. The van der Waals surface area contributed by atoms with Crippen LogP contribution in [0.15, 0.2) is 48.5 Å². The number of hydrogen-bond donors (Lipinski definition) is 2. The van der Waals surface area contributed by atoms with E-state index in [9.17, 15) is 0 Å². The lowest BCUT2D eigenvalue weighted by atomic mass is 9.98. The fourth-order valence-electron chi connectivity index (χ4n) is 2.29. The van der Waals surface area contributed by atoms with Crippen LogP contribution in [0.3, 0.4) is 0 Å². The summed E-state index contributed by atoms with van der Waals surface area (Å²) in [5.74, 6) is 6.68. The molecule has 3 heteroatoms. The van der Waals surface area contributed by atoms with Gasteiger partial charge >= 0.3 is 0 Å². The molecule has 0 aliphatic heterocycles. The molecule has 0 heterocycles. The molecule has 1 fully saturated rings. The Balaban J connectivity index is 1.85. The van der Waals surface area contributed by atoms with Crippen LogP contribution in [-0.4, -0.2) is 6.10 Å². The summed E-state index contributed by atoms with van der Waals surface area (Å²) in [5, 5.41) is 0. The van der Waals surface area contributed by atoms with Gasteiger partial charge in [0.25, 0.3) is 0 Å². The average Bonchev–Trinajstić information content (AvgIpc) is 3.26. The third-order valence-corrected chi connectivity index (χ3v) is 3.60. The molecule has 2 aromatic carbocycles. The van der Waals surface area contributed by atoms with Crippen LogP contribution < -0.4 is 16.0 Å². The van der Waals surface area contributed by atoms with Gasteiger partial charge in [0.05, 0.1) is 12.1 Å². The van der Waals surface area contributed by atoms with Gasteiger partial charge < -0.3 is 4.74 Å². The Morgan fingerprint density at radius 2 is 1.85 bits per heavy atom. The first kappa shape index (κ1) is 13.2. The van der Waals surface area contributed by atoms with E-state index in [1.807, 2.05) is 12.1 Å². The second-order valence-corrected chi connectivity index (χ2v) is 5.40. The Labute approximate surface area is 119 Å². The predicted octanol–water partition coefficient (Wildman–Crippen LogP) is 3.09. The zero-order valence-electron chi connectivity index (χ0n) is 11.7. The molecule has 3 nitrogen and oxygen atoms in total. The normalized spacial score (nSPS) is 15.9. The lowest BCUT2D eigenvalue weighted by Gasteiger charge is -2.18. The Bertz CT molecular complexity index is 576. The zero-order chi connectivity index (χ0) is 13.9. The van der Waals surface area contributed by atoms with E-state index >= 15 is 0 Å². The lowest BCUT2D eigenvalue weighted by Crippen LogP contribution is -2.28. The van der Waals surface area contributed by atoms with E-state index in [4.69, 9.17) is 10.6 Å². The van der Waals surface area contributed by atoms with Crippen molar-refractivity contribution < 1.29 is 4.74 Å². The number of benzene rings is 2. The fourth-order valence-corrected chi connectivity index (χ4v) is 2.29. The molecule has 0 amide bonds. The molecule has 1 saturated carbocycles. The summed E-state index contributed by atoms with van der Waals surface area (Å²) >= 11 is 0. The molecule has 3 N–H and O–H groups in total. The van der Waals surface area contributed by atoms with Gasteiger partial charge in [0.2, 0.25) is 0 Å². The maximum atomic E-state index is 5.85. The Morgan fingerprint density at radius 3 is 2.50 bits per heavy atom. The molecule has 1 unspecified atom stereocenters. The number of nitrogens with one attached hydrogen (secondary N) is 1. The van der Waals surface area contributed by atoms with Gasteiger partial charge in [-0.05, 0) is 43.0 Å². The van der Waals surface area contributed by atoms with Crippen molar-refractivity contribution in [3.8, 4) is 5.75 Å². The van der Waals surface area contributed by atoms with Gasteiger partial charge in [-0.3, -0.25) is 5.84 Å². The molecule has 2 aromatic rings. The Kier molecular flexibility index (Phi) is 3.72. The van der Waals surface area contributed by atoms with Crippen LogP contribution in [0.5, 0.6) is 5.75 Å². The van der Waals surface area contributed by atoms with E-state index in [1.165, 1.54) is 18.4 Å². The van der Waals surface area contributed by atoms with Crippen molar-refractivity contribution in [3.05, 3.63) is 65.2 Å². The van der Waals surface area contributed by atoms with E-state index < -0.39 is 0 Å². The summed E-state index contributed by atoms with van der Waals surface area (Å²) in [5.41, 5.74) is 6.41. The van der Waals surface area contributed by atoms with E-state index in [2.05, 4.69) is 48.7 Å². The van der Waals surface area contributed by atoms with Crippen molar-refractivity contribution in [2.24, 2.45) is 5.84 Å². The van der Waals surface area contributed by atoms with Crippen LogP contribution in [0.4, 0.5) is 0 Å². The van der Waals surface area contributed by atoms with E-state index in [0.29, 0.717) is 6.10 Å². The molecular weight excluding hydrogens is 248 g/mol. The standard InChI is InChI=1S/C17H20N2O/c1-12-5-7-13(8-6-12)17(19-18)14-3-2-4-16(11-14)20-15-9-10-15/h2-8,11,15,17,19H,9-10,18H2,1H3. The van der Waals surface area contributed by atoms with Gasteiger partial charge in [-0.25, -0.2) is 5.43 Å². The summed E-state index contributed by atoms with van der Waals surface area (Å²) in [7, 11) is 0. The van der Waals surface area contributed by atoms with Gasteiger partial charge in [-0.1, -0.05) is 42.0 Å². The molecule has 3 rings (SSSR count). The highest BCUT2D eigenvalue weighted by Crippen LogP contribution is 2.29. The van der Waals surface area contributed by atoms with Gasteiger partial charge in [-0.15, -0.1) is 0 Å². The summed E-state index contributed by atoms with van der Waals surface area (Å²) in [6.07, 6.45) is 2.75. The van der Waals surface area contributed by atoms with Crippen LogP contribution in [-0.2, 0) is 0 Å². The molecule has 1 atom stereocenters. The van der Waals surface area contributed by atoms with Crippen molar-refractivity contribution >= 4 is 0 Å². The van der Waals surface area contributed by atoms with Gasteiger partial charge in [-0.2, -0.15) is 0 Å². The van der Waals surface area contributed by atoms with E-state index in [0.717, 1.165) is 16.9 Å². The fraction of sp³-hybridized carbons (Fsp3) is 0.294. The van der Waals surface area contributed by atoms with Crippen molar-refractivity contribution in [1.82, 2.24) is 5.43 Å².